The summed E-state index contributed by atoms with van der Waals surface area (Å²) < 4.78 is 10.6. The minimum absolute atomic E-state index is 0.422. The first-order valence-electron chi connectivity index (χ1n) is 5.54. The Morgan fingerprint density at radius 2 is 2.27 bits per heavy atom. The Labute approximate surface area is 91.8 Å². The van der Waals surface area contributed by atoms with Crippen LogP contribution in [0, 0.1) is 6.92 Å². The summed E-state index contributed by atoms with van der Waals surface area (Å²) in [5.74, 6) is 1.95. The van der Waals surface area contributed by atoms with E-state index in [0.29, 0.717) is 6.04 Å². The minimum Gasteiger partial charge on any atom is -0.465 e. The van der Waals surface area contributed by atoms with Crippen LogP contribution in [0.5, 0.6) is 0 Å². The van der Waals surface area contributed by atoms with Crippen LogP contribution in [0.25, 0.3) is 0 Å². The summed E-state index contributed by atoms with van der Waals surface area (Å²) in [6.45, 7) is 5.68. The fourth-order valence-corrected chi connectivity index (χ4v) is 1.62. The summed E-state index contributed by atoms with van der Waals surface area (Å²) in [6.07, 6.45) is 2.30. The Morgan fingerprint density at radius 3 is 2.80 bits per heavy atom. The number of ether oxygens (including phenoxy) is 1. The highest BCUT2D eigenvalue weighted by Gasteiger charge is 2.07. The number of furan rings is 1. The van der Waals surface area contributed by atoms with Crippen LogP contribution in [-0.4, -0.2) is 19.8 Å². The molecule has 1 N–H and O–H groups in total. The predicted molar refractivity (Wildman–Crippen MR) is 60.9 cm³/mol. The van der Waals surface area contributed by atoms with E-state index in [2.05, 4.69) is 12.2 Å². The molecule has 0 fully saturated rings. The van der Waals surface area contributed by atoms with Gasteiger partial charge in [-0.2, -0.15) is 0 Å². The SMILES string of the molecule is CCCC(COC)NCc1ccc(C)o1. The van der Waals surface area contributed by atoms with Crippen molar-refractivity contribution >= 4 is 0 Å². The first kappa shape index (κ1) is 12.3. The van der Waals surface area contributed by atoms with Gasteiger partial charge < -0.3 is 14.5 Å². The lowest BCUT2D eigenvalue weighted by atomic mass is 10.2. The molecule has 0 aliphatic rings. The van der Waals surface area contributed by atoms with Crippen molar-refractivity contribution in [3.8, 4) is 0 Å². The summed E-state index contributed by atoms with van der Waals surface area (Å²) in [5.41, 5.74) is 0. The van der Waals surface area contributed by atoms with Crippen molar-refractivity contribution in [1.29, 1.82) is 0 Å². The van der Waals surface area contributed by atoms with Gasteiger partial charge in [-0.3, -0.25) is 0 Å². The third-order valence-electron chi connectivity index (χ3n) is 2.37. The molecule has 1 unspecified atom stereocenters. The molecule has 1 heterocycles. The van der Waals surface area contributed by atoms with Crippen LogP contribution in [0.3, 0.4) is 0 Å². The summed E-state index contributed by atoms with van der Waals surface area (Å²) >= 11 is 0. The molecule has 0 saturated heterocycles. The van der Waals surface area contributed by atoms with Crippen LogP contribution < -0.4 is 5.32 Å². The minimum atomic E-state index is 0.422. The molecule has 1 rings (SSSR count). The second kappa shape index (κ2) is 6.64. The van der Waals surface area contributed by atoms with Gasteiger partial charge in [0.25, 0.3) is 0 Å². The third kappa shape index (κ3) is 4.49. The highest BCUT2D eigenvalue weighted by molar-refractivity contribution is 5.05. The molecule has 86 valence electrons. The molecule has 0 bridgehead atoms. The van der Waals surface area contributed by atoms with E-state index in [0.717, 1.165) is 37.5 Å². The molecule has 0 saturated carbocycles. The molecular formula is C12H21NO2. The maximum Gasteiger partial charge on any atom is 0.117 e. The van der Waals surface area contributed by atoms with Gasteiger partial charge in [0, 0.05) is 13.2 Å². The number of aryl methyl sites for hydroxylation is 1. The van der Waals surface area contributed by atoms with Gasteiger partial charge in [-0.15, -0.1) is 0 Å². The van der Waals surface area contributed by atoms with Crippen LogP contribution in [0.2, 0.25) is 0 Å². The van der Waals surface area contributed by atoms with Crippen LogP contribution in [0.4, 0.5) is 0 Å². The van der Waals surface area contributed by atoms with E-state index in [1.165, 1.54) is 0 Å². The molecule has 0 radical (unpaired) electrons. The topological polar surface area (TPSA) is 34.4 Å². The molecule has 0 aromatic carbocycles. The van der Waals surface area contributed by atoms with Gasteiger partial charge in [-0.05, 0) is 25.5 Å². The number of rotatable bonds is 7. The van der Waals surface area contributed by atoms with Crippen molar-refractivity contribution in [3.05, 3.63) is 23.7 Å². The Morgan fingerprint density at radius 1 is 1.47 bits per heavy atom. The summed E-state index contributed by atoms with van der Waals surface area (Å²) in [4.78, 5) is 0. The largest absolute Gasteiger partial charge is 0.465 e. The second-order valence-electron chi connectivity index (χ2n) is 3.83. The van der Waals surface area contributed by atoms with Crippen molar-refractivity contribution in [2.75, 3.05) is 13.7 Å². The maximum absolute atomic E-state index is 5.49. The monoisotopic (exact) mass is 211 g/mol. The molecule has 1 aromatic rings. The van der Waals surface area contributed by atoms with Crippen molar-refractivity contribution in [2.45, 2.75) is 39.3 Å². The predicted octanol–water partition coefficient (Wildman–Crippen LogP) is 2.49. The molecular weight excluding hydrogens is 190 g/mol. The zero-order valence-corrected chi connectivity index (χ0v) is 9.88. The maximum atomic E-state index is 5.49. The van der Waals surface area contributed by atoms with Gasteiger partial charge in [0.15, 0.2) is 0 Å². The molecule has 1 atom stereocenters. The Kier molecular flexibility index (Phi) is 5.43. The normalized spacial score (nSPS) is 13.0. The lowest BCUT2D eigenvalue weighted by Gasteiger charge is -2.16. The third-order valence-corrected chi connectivity index (χ3v) is 2.37. The van der Waals surface area contributed by atoms with E-state index in [-0.39, 0.29) is 0 Å². The van der Waals surface area contributed by atoms with E-state index in [9.17, 15) is 0 Å². The Hall–Kier alpha value is -0.800. The van der Waals surface area contributed by atoms with Crippen molar-refractivity contribution < 1.29 is 9.15 Å². The van der Waals surface area contributed by atoms with E-state index in [4.69, 9.17) is 9.15 Å². The van der Waals surface area contributed by atoms with E-state index in [1.807, 2.05) is 19.1 Å². The summed E-state index contributed by atoms with van der Waals surface area (Å²) in [5, 5.41) is 3.43. The molecule has 0 aliphatic heterocycles. The number of nitrogens with one attached hydrogen (secondary N) is 1. The first-order valence-corrected chi connectivity index (χ1v) is 5.54. The van der Waals surface area contributed by atoms with Crippen molar-refractivity contribution in [1.82, 2.24) is 5.32 Å². The fraction of sp³-hybridized carbons (Fsp3) is 0.667. The summed E-state index contributed by atoms with van der Waals surface area (Å²) in [6, 6.07) is 4.42. The quantitative estimate of drug-likeness (QED) is 0.752. The molecule has 0 spiro atoms. The molecule has 3 heteroatoms. The van der Waals surface area contributed by atoms with Crippen molar-refractivity contribution in [2.24, 2.45) is 0 Å². The van der Waals surface area contributed by atoms with Crippen molar-refractivity contribution in [3.63, 3.8) is 0 Å². The second-order valence-corrected chi connectivity index (χ2v) is 3.83. The van der Waals surface area contributed by atoms with Crippen LogP contribution in [0.1, 0.15) is 31.3 Å². The zero-order chi connectivity index (χ0) is 11.1. The van der Waals surface area contributed by atoms with Gasteiger partial charge in [0.1, 0.15) is 11.5 Å². The van der Waals surface area contributed by atoms with Gasteiger partial charge in [0.05, 0.1) is 13.2 Å². The highest BCUT2D eigenvalue weighted by atomic mass is 16.5. The smallest absolute Gasteiger partial charge is 0.117 e. The molecule has 0 amide bonds. The average Bonchev–Trinajstić information content (AvgIpc) is 2.61. The van der Waals surface area contributed by atoms with Gasteiger partial charge in [-0.1, -0.05) is 13.3 Å². The first-order chi connectivity index (χ1) is 7.26. The van der Waals surface area contributed by atoms with Crippen LogP contribution >= 0.6 is 0 Å². The van der Waals surface area contributed by atoms with Crippen LogP contribution in [0.15, 0.2) is 16.5 Å². The molecule has 3 nitrogen and oxygen atoms in total. The van der Waals surface area contributed by atoms with E-state index < -0.39 is 0 Å². The van der Waals surface area contributed by atoms with Gasteiger partial charge in [-0.25, -0.2) is 0 Å². The number of hydrogen-bond acceptors (Lipinski definition) is 3. The highest BCUT2D eigenvalue weighted by Crippen LogP contribution is 2.07. The molecule has 1 aromatic heterocycles. The molecule has 15 heavy (non-hydrogen) atoms. The standard InChI is InChI=1S/C12H21NO2/c1-4-5-11(9-14-3)13-8-12-7-6-10(2)15-12/h6-7,11,13H,4-5,8-9H2,1-3H3. The number of hydrogen-bond donors (Lipinski definition) is 1. The van der Waals surface area contributed by atoms with Gasteiger partial charge in [0.2, 0.25) is 0 Å². The average molecular weight is 211 g/mol. The lowest BCUT2D eigenvalue weighted by molar-refractivity contribution is 0.160. The molecule has 0 aliphatic carbocycles. The van der Waals surface area contributed by atoms with Gasteiger partial charge >= 0.3 is 0 Å². The number of methoxy groups -OCH3 is 1. The Balaban J connectivity index is 2.32. The van der Waals surface area contributed by atoms with Crippen LogP contribution in [-0.2, 0) is 11.3 Å². The van der Waals surface area contributed by atoms with E-state index >= 15 is 0 Å². The summed E-state index contributed by atoms with van der Waals surface area (Å²) in [7, 11) is 1.74. The zero-order valence-electron chi connectivity index (χ0n) is 9.88. The Bertz CT molecular complexity index is 264. The lowest BCUT2D eigenvalue weighted by Crippen LogP contribution is -2.32. The van der Waals surface area contributed by atoms with E-state index in [1.54, 1.807) is 7.11 Å². The fourth-order valence-electron chi connectivity index (χ4n) is 1.62.